The molecule has 0 atom stereocenters. The number of nitrogens with zero attached hydrogens (tertiary/aromatic N) is 2. The Morgan fingerprint density at radius 1 is 1.04 bits per heavy atom. The molecule has 5 nitrogen and oxygen atoms in total. The summed E-state index contributed by atoms with van der Waals surface area (Å²) < 4.78 is 0. The maximum Gasteiger partial charge on any atom is 0.173 e. The number of hydrogen-bond donors (Lipinski definition) is 2. The van der Waals surface area contributed by atoms with Crippen molar-refractivity contribution in [1.82, 2.24) is 4.98 Å². The zero-order valence-electron chi connectivity index (χ0n) is 13.6. The first-order valence-electron chi connectivity index (χ1n) is 7.73. The first-order chi connectivity index (χ1) is 12.6. The Hall–Kier alpha value is -3.30. The van der Waals surface area contributed by atoms with Crippen LogP contribution >= 0.6 is 11.8 Å². The van der Waals surface area contributed by atoms with Crippen molar-refractivity contribution in [2.24, 2.45) is 0 Å². The second-order valence-corrected chi connectivity index (χ2v) is 6.41. The highest BCUT2D eigenvalue weighted by Crippen LogP contribution is 2.28. The summed E-state index contributed by atoms with van der Waals surface area (Å²) in [6.07, 6.45) is 0. The van der Waals surface area contributed by atoms with Crippen LogP contribution in [-0.4, -0.2) is 26.7 Å². The number of aromatic nitrogens is 1. The van der Waals surface area contributed by atoms with Gasteiger partial charge in [0.15, 0.2) is 17.3 Å². The molecule has 128 valence electrons. The predicted molar refractivity (Wildman–Crippen MR) is 99.2 cm³/mol. The molecule has 6 heteroatoms. The fourth-order valence-corrected chi connectivity index (χ4v) is 3.19. The molecule has 2 N–H and O–H groups in total. The first-order valence-corrected chi connectivity index (χ1v) is 8.71. The lowest BCUT2D eigenvalue weighted by Gasteiger charge is -2.07. The largest absolute Gasteiger partial charge is 0.504 e. The van der Waals surface area contributed by atoms with E-state index in [4.69, 9.17) is 0 Å². The van der Waals surface area contributed by atoms with Crippen LogP contribution in [0.25, 0.3) is 11.3 Å². The zero-order chi connectivity index (χ0) is 18.5. The third-order valence-electron chi connectivity index (χ3n) is 3.69. The maximum atomic E-state index is 12.3. The molecule has 0 fully saturated rings. The highest BCUT2D eigenvalue weighted by molar-refractivity contribution is 8.00. The quantitative estimate of drug-likeness (QED) is 0.405. The number of benzene rings is 2. The Morgan fingerprint density at radius 3 is 2.50 bits per heavy atom. The van der Waals surface area contributed by atoms with Crippen molar-refractivity contribution in [3.63, 3.8) is 0 Å². The van der Waals surface area contributed by atoms with Gasteiger partial charge in [0.2, 0.25) is 0 Å². The molecule has 0 spiro atoms. The number of carbonyl (C=O) groups excluding carboxylic acids is 1. The van der Waals surface area contributed by atoms with Crippen molar-refractivity contribution in [1.29, 1.82) is 5.26 Å². The molecule has 26 heavy (non-hydrogen) atoms. The van der Waals surface area contributed by atoms with E-state index in [0.29, 0.717) is 10.6 Å². The molecule has 0 amide bonds. The normalized spacial score (nSPS) is 10.3. The molecule has 0 aliphatic rings. The minimum atomic E-state index is -0.345. The number of aromatic hydroxyl groups is 2. The number of Topliss-reactive ketones (excluding diaryl/α,β-unsaturated/α-hetero) is 1. The van der Waals surface area contributed by atoms with Crippen LogP contribution in [0.2, 0.25) is 0 Å². The van der Waals surface area contributed by atoms with E-state index in [1.165, 1.54) is 30.0 Å². The molecular weight excluding hydrogens is 348 g/mol. The Morgan fingerprint density at radius 2 is 1.81 bits per heavy atom. The van der Waals surface area contributed by atoms with Gasteiger partial charge in [0, 0.05) is 11.1 Å². The number of ketones is 1. The highest BCUT2D eigenvalue weighted by atomic mass is 32.2. The van der Waals surface area contributed by atoms with Gasteiger partial charge in [-0.15, -0.1) is 0 Å². The van der Waals surface area contributed by atoms with Gasteiger partial charge >= 0.3 is 0 Å². The predicted octanol–water partition coefficient (Wildman–Crippen LogP) is 4.01. The first kappa shape index (κ1) is 17.5. The molecule has 0 aliphatic carbocycles. The standard InChI is InChI=1S/C20H14N2O3S/c21-11-15-6-8-16(13-4-2-1-3-5-13)22-20(15)26-12-19(25)14-7-9-17(23)18(24)10-14/h1-10,23-24H,12H2. The van der Waals surface area contributed by atoms with Gasteiger partial charge in [0.05, 0.1) is 17.0 Å². The van der Waals surface area contributed by atoms with Gasteiger partial charge in [-0.05, 0) is 30.3 Å². The Balaban J connectivity index is 1.81. The Labute approximate surface area is 154 Å². The highest BCUT2D eigenvalue weighted by Gasteiger charge is 2.13. The summed E-state index contributed by atoms with van der Waals surface area (Å²) in [6.45, 7) is 0. The lowest BCUT2D eigenvalue weighted by Crippen LogP contribution is -2.03. The van der Waals surface area contributed by atoms with Gasteiger partial charge in [-0.25, -0.2) is 4.98 Å². The molecule has 3 rings (SSSR count). The number of phenolic OH excluding ortho intramolecular Hbond substituents is 2. The number of hydrogen-bond acceptors (Lipinski definition) is 6. The summed E-state index contributed by atoms with van der Waals surface area (Å²) in [6, 6.07) is 19.0. The van der Waals surface area contributed by atoms with Gasteiger partial charge < -0.3 is 10.2 Å². The number of pyridine rings is 1. The number of rotatable bonds is 5. The van der Waals surface area contributed by atoms with Gasteiger partial charge in [-0.1, -0.05) is 42.1 Å². The fraction of sp³-hybridized carbons (Fsp3) is 0.0500. The van der Waals surface area contributed by atoms with Crippen LogP contribution < -0.4 is 0 Å². The van der Waals surface area contributed by atoms with Crippen molar-refractivity contribution in [3.05, 3.63) is 71.8 Å². The number of phenols is 2. The van der Waals surface area contributed by atoms with E-state index in [0.717, 1.165) is 11.3 Å². The smallest absolute Gasteiger partial charge is 0.173 e. The van der Waals surface area contributed by atoms with Crippen LogP contribution in [0.3, 0.4) is 0 Å². The Kier molecular flexibility index (Phi) is 5.20. The molecular formula is C20H14N2O3S. The summed E-state index contributed by atoms with van der Waals surface area (Å²) in [5, 5.41) is 28.6. The van der Waals surface area contributed by atoms with E-state index in [1.54, 1.807) is 12.1 Å². The van der Waals surface area contributed by atoms with Crippen LogP contribution in [0.5, 0.6) is 11.5 Å². The lowest BCUT2D eigenvalue weighted by atomic mass is 10.1. The van der Waals surface area contributed by atoms with Gasteiger partial charge in [-0.2, -0.15) is 5.26 Å². The molecule has 2 aromatic carbocycles. The third-order valence-corrected chi connectivity index (χ3v) is 4.68. The summed E-state index contributed by atoms with van der Waals surface area (Å²) in [7, 11) is 0. The second-order valence-electron chi connectivity index (χ2n) is 5.44. The Bertz CT molecular complexity index is 998. The van der Waals surface area contributed by atoms with Gasteiger partial charge in [0.25, 0.3) is 0 Å². The van der Waals surface area contributed by atoms with E-state index in [1.807, 2.05) is 30.3 Å². The fourth-order valence-electron chi connectivity index (χ4n) is 2.32. The molecule has 3 aromatic rings. The van der Waals surface area contributed by atoms with E-state index >= 15 is 0 Å². The third kappa shape index (κ3) is 3.85. The van der Waals surface area contributed by atoms with E-state index in [2.05, 4.69) is 11.1 Å². The van der Waals surface area contributed by atoms with E-state index < -0.39 is 0 Å². The van der Waals surface area contributed by atoms with Crippen molar-refractivity contribution in [3.8, 4) is 28.8 Å². The van der Waals surface area contributed by atoms with E-state index in [-0.39, 0.29) is 28.6 Å². The average molecular weight is 362 g/mol. The maximum absolute atomic E-state index is 12.3. The van der Waals surface area contributed by atoms with Crippen molar-refractivity contribution in [2.45, 2.75) is 5.03 Å². The van der Waals surface area contributed by atoms with Crippen LogP contribution in [0.4, 0.5) is 0 Å². The van der Waals surface area contributed by atoms with Crippen molar-refractivity contribution >= 4 is 17.5 Å². The summed E-state index contributed by atoms with van der Waals surface area (Å²) in [5.74, 6) is -0.800. The number of carbonyl (C=O) groups is 1. The molecule has 0 saturated carbocycles. The van der Waals surface area contributed by atoms with E-state index in [9.17, 15) is 20.3 Å². The van der Waals surface area contributed by atoms with Gasteiger partial charge in [-0.3, -0.25) is 4.79 Å². The molecule has 0 aliphatic heterocycles. The summed E-state index contributed by atoms with van der Waals surface area (Å²) >= 11 is 1.17. The van der Waals surface area contributed by atoms with Crippen LogP contribution in [0, 0.1) is 11.3 Å². The van der Waals surface area contributed by atoms with Crippen molar-refractivity contribution in [2.75, 3.05) is 5.75 Å². The van der Waals surface area contributed by atoms with Crippen LogP contribution in [-0.2, 0) is 0 Å². The molecule has 0 unspecified atom stereocenters. The lowest BCUT2D eigenvalue weighted by molar-refractivity contribution is 0.102. The number of thioether (sulfide) groups is 1. The summed E-state index contributed by atoms with van der Waals surface area (Å²) in [5.41, 5.74) is 2.33. The zero-order valence-corrected chi connectivity index (χ0v) is 14.4. The second kappa shape index (κ2) is 7.72. The molecule has 0 bridgehead atoms. The van der Waals surface area contributed by atoms with Crippen LogP contribution in [0.15, 0.2) is 65.7 Å². The molecule has 1 aromatic heterocycles. The molecule has 0 saturated heterocycles. The van der Waals surface area contributed by atoms with Crippen LogP contribution in [0.1, 0.15) is 15.9 Å². The molecule has 0 radical (unpaired) electrons. The molecule has 1 heterocycles. The van der Waals surface area contributed by atoms with Crippen molar-refractivity contribution < 1.29 is 15.0 Å². The SMILES string of the molecule is N#Cc1ccc(-c2ccccc2)nc1SCC(=O)c1ccc(O)c(O)c1. The minimum absolute atomic E-state index is 0.0597. The monoisotopic (exact) mass is 362 g/mol. The average Bonchev–Trinajstić information content (AvgIpc) is 2.68. The topological polar surface area (TPSA) is 94.2 Å². The number of nitriles is 1. The summed E-state index contributed by atoms with van der Waals surface area (Å²) in [4.78, 5) is 16.8. The minimum Gasteiger partial charge on any atom is -0.504 e. The van der Waals surface area contributed by atoms with Gasteiger partial charge in [0.1, 0.15) is 11.1 Å².